The molecule has 0 N–H and O–H groups in total. The maximum absolute atomic E-state index is 11.5. The zero-order chi connectivity index (χ0) is 21.9. The van der Waals surface area contributed by atoms with Gasteiger partial charge in [-0.15, -0.1) is 0 Å². The molecule has 0 aromatic heterocycles. The Hall–Kier alpha value is -2.37. The van der Waals surface area contributed by atoms with Gasteiger partial charge < -0.3 is 19.1 Å². The lowest BCUT2D eigenvalue weighted by Crippen LogP contribution is -2.38. The maximum atomic E-state index is 11.5. The molecule has 1 saturated heterocycles. The van der Waals surface area contributed by atoms with Crippen LogP contribution in [-0.4, -0.2) is 50.3 Å². The number of carbonyl (C=O) groups is 1. The van der Waals surface area contributed by atoms with E-state index in [0.717, 1.165) is 56.6 Å². The Morgan fingerprint density at radius 1 is 1.00 bits per heavy atom. The average Bonchev–Trinajstić information content (AvgIpc) is 2.82. The molecule has 5 nitrogen and oxygen atoms in total. The Balaban J connectivity index is 1.50. The number of rotatable bonds is 11. The van der Waals surface area contributed by atoms with E-state index in [1.165, 1.54) is 5.56 Å². The molecule has 1 unspecified atom stereocenters. The Labute approximate surface area is 186 Å². The van der Waals surface area contributed by atoms with Crippen molar-refractivity contribution in [2.45, 2.75) is 51.2 Å². The predicted octanol–water partition coefficient (Wildman–Crippen LogP) is 5.00. The van der Waals surface area contributed by atoms with Crippen LogP contribution in [0.15, 0.2) is 54.6 Å². The average molecular weight is 426 g/mol. The number of unbranched alkanes of at least 4 members (excludes halogenated alkanes) is 1. The molecule has 1 aliphatic heterocycles. The van der Waals surface area contributed by atoms with E-state index in [-0.39, 0.29) is 18.2 Å². The van der Waals surface area contributed by atoms with E-state index in [4.69, 9.17) is 14.2 Å². The van der Waals surface area contributed by atoms with Crippen LogP contribution in [0, 0.1) is 0 Å². The standard InChI is InChI=1S/C26H35NO4/c1-3-30-25(28)11-7-8-18-27-19-16-24(17-20-27)31-26(21-9-5-4-6-10-21)22-12-14-23(29-2)15-13-22/h4-6,9-10,12-15,24,26H,3,7-8,11,16-20H2,1-2H3. The second-order valence-electron chi connectivity index (χ2n) is 8.00. The van der Waals surface area contributed by atoms with Gasteiger partial charge in [-0.1, -0.05) is 42.5 Å². The second kappa shape index (κ2) is 12.5. The van der Waals surface area contributed by atoms with Crippen LogP contribution in [0.5, 0.6) is 5.75 Å². The van der Waals surface area contributed by atoms with E-state index in [0.29, 0.717) is 13.0 Å². The molecule has 1 aliphatic rings. The van der Waals surface area contributed by atoms with Crippen molar-refractivity contribution in [1.29, 1.82) is 0 Å². The van der Waals surface area contributed by atoms with Gasteiger partial charge in [0.2, 0.25) is 0 Å². The molecule has 0 aliphatic carbocycles. The van der Waals surface area contributed by atoms with Crippen LogP contribution in [0.1, 0.15) is 56.3 Å². The maximum Gasteiger partial charge on any atom is 0.305 e. The van der Waals surface area contributed by atoms with Gasteiger partial charge >= 0.3 is 5.97 Å². The van der Waals surface area contributed by atoms with Gasteiger partial charge in [-0.2, -0.15) is 0 Å². The first kappa shape index (κ1) is 23.3. The van der Waals surface area contributed by atoms with Crippen LogP contribution < -0.4 is 4.74 Å². The van der Waals surface area contributed by atoms with Gasteiger partial charge in [-0.05, 0) is 62.4 Å². The summed E-state index contributed by atoms with van der Waals surface area (Å²) in [6.45, 7) is 5.42. The fraction of sp³-hybridized carbons (Fsp3) is 0.500. The minimum atomic E-state index is -0.0832. The SMILES string of the molecule is CCOC(=O)CCCCN1CCC(OC(c2ccccc2)c2ccc(OC)cc2)CC1. The van der Waals surface area contributed by atoms with Crippen LogP contribution in [-0.2, 0) is 14.3 Å². The molecule has 1 atom stereocenters. The number of likely N-dealkylation sites (tertiary alicyclic amines) is 1. The molecule has 2 aromatic carbocycles. The Bertz CT molecular complexity index is 770. The third-order valence-corrected chi connectivity index (χ3v) is 5.79. The van der Waals surface area contributed by atoms with Crippen molar-refractivity contribution < 1.29 is 19.0 Å². The zero-order valence-electron chi connectivity index (χ0n) is 18.8. The van der Waals surface area contributed by atoms with E-state index in [2.05, 4.69) is 41.3 Å². The summed E-state index contributed by atoms with van der Waals surface area (Å²) in [5, 5.41) is 0. The van der Waals surface area contributed by atoms with Gasteiger partial charge in [0.15, 0.2) is 0 Å². The van der Waals surface area contributed by atoms with Gasteiger partial charge in [0.1, 0.15) is 11.9 Å². The predicted molar refractivity (Wildman–Crippen MR) is 122 cm³/mol. The molecule has 0 radical (unpaired) electrons. The molecule has 5 heteroatoms. The van der Waals surface area contributed by atoms with Crippen LogP contribution >= 0.6 is 0 Å². The number of hydrogen-bond donors (Lipinski definition) is 0. The summed E-state index contributed by atoms with van der Waals surface area (Å²) in [7, 11) is 1.69. The topological polar surface area (TPSA) is 48.0 Å². The van der Waals surface area contributed by atoms with Crippen molar-refractivity contribution in [3.05, 3.63) is 65.7 Å². The smallest absolute Gasteiger partial charge is 0.305 e. The highest BCUT2D eigenvalue weighted by molar-refractivity contribution is 5.69. The number of esters is 1. The molecule has 0 bridgehead atoms. The van der Waals surface area contributed by atoms with Gasteiger partial charge in [0.05, 0.1) is 19.8 Å². The fourth-order valence-corrected chi connectivity index (χ4v) is 4.06. The summed E-state index contributed by atoms with van der Waals surface area (Å²) in [6, 6.07) is 18.6. The third-order valence-electron chi connectivity index (χ3n) is 5.79. The highest BCUT2D eigenvalue weighted by atomic mass is 16.5. The largest absolute Gasteiger partial charge is 0.497 e. The summed E-state index contributed by atoms with van der Waals surface area (Å²) < 4.78 is 16.9. The Morgan fingerprint density at radius 3 is 2.32 bits per heavy atom. The van der Waals surface area contributed by atoms with Gasteiger partial charge in [0, 0.05) is 19.5 Å². The van der Waals surface area contributed by atoms with Gasteiger partial charge in [-0.3, -0.25) is 4.79 Å². The summed E-state index contributed by atoms with van der Waals surface area (Å²) in [4.78, 5) is 13.9. The number of methoxy groups -OCH3 is 1. The van der Waals surface area contributed by atoms with Crippen molar-refractivity contribution in [3.63, 3.8) is 0 Å². The molecule has 0 amide bonds. The lowest BCUT2D eigenvalue weighted by Gasteiger charge is -2.34. The molecule has 3 rings (SSSR count). The molecule has 2 aromatic rings. The first-order chi connectivity index (χ1) is 15.2. The van der Waals surface area contributed by atoms with Crippen LogP contribution in [0.4, 0.5) is 0 Å². The summed E-state index contributed by atoms with van der Waals surface area (Å²) >= 11 is 0. The minimum absolute atomic E-state index is 0.0757. The molecule has 1 heterocycles. The minimum Gasteiger partial charge on any atom is -0.497 e. The van der Waals surface area contributed by atoms with Gasteiger partial charge in [0.25, 0.3) is 0 Å². The molecule has 0 saturated carbocycles. The van der Waals surface area contributed by atoms with E-state index < -0.39 is 0 Å². The molecule has 0 spiro atoms. The van der Waals surface area contributed by atoms with Crippen LogP contribution in [0.2, 0.25) is 0 Å². The first-order valence-corrected chi connectivity index (χ1v) is 11.4. The number of carbonyl (C=O) groups excluding carboxylic acids is 1. The van der Waals surface area contributed by atoms with Crippen molar-refractivity contribution in [2.75, 3.05) is 33.4 Å². The third kappa shape index (κ3) is 7.37. The number of ether oxygens (including phenoxy) is 3. The van der Waals surface area contributed by atoms with E-state index >= 15 is 0 Å². The van der Waals surface area contributed by atoms with Crippen molar-refractivity contribution in [3.8, 4) is 5.75 Å². The number of hydrogen-bond acceptors (Lipinski definition) is 5. The van der Waals surface area contributed by atoms with Crippen molar-refractivity contribution >= 4 is 5.97 Å². The monoisotopic (exact) mass is 425 g/mol. The van der Waals surface area contributed by atoms with E-state index in [1.54, 1.807) is 7.11 Å². The quantitative estimate of drug-likeness (QED) is 0.375. The number of piperidine rings is 1. The molecular weight excluding hydrogens is 390 g/mol. The van der Waals surface area contributed by atoms with Crippen LogP contribution in [0.3, 0.4) is 0 Å². The highest BCUT2D eigenvalue weighted by Crippen LogP contribution is 2.31. The summed E-state index contributed by atoms with van der Waals surface area (Å²) in [5.74, 6) is 0.770. The first-order valence-electron chi connectivity index (χ1n) is 11.4. The number of benzene rings is 2. The lowest BCUT2D eigenvalue weighted by molar-refractivity contribution is -0.143. The zero-order valence-corrected chi connectivity index (χ0v) is 18.8. The molecule has 168 valence electrons. The highest BCUT2D eigenvalue weighted by Gasteiger charge is 2.24. The molecular formula is C26H35NO4. The Kier molecular flexibility index (Phi) is 9.38. The van der Waals surface area contributed by atoms with Crippen molar-refractivity contribution in [1.82, 2.24) is 4.90 Å². The van der Waals surface area contributed by atoms with Crippen molar-refractivity contribution in [2.24, 2.45) is 0 Å². The van der Waals surface area contributed by atoms with Crippen LogP contribution in [0.25, 0.3) is 0 Å². The second-order valence-corrected chi connectivity index (χ2v) is 8.00. The normalized spacial score (nSPS) is 16.1. The number of nitrogens with zero attached hydrogens (tertiary/aromatic N) is 1. The van der Waals surface area contributed by atoms with Gasteiger partial charge in [-0.25, -0.2) is 0 Å². The van der Waals surface area contributed by atoms with E-state index in [9.17, 15) is 4.79 Å². The lowest BCUT2D eigenvalue weighted by atomic mass is 10.00. The summed E-state index contributed by atoms with van der Waals surface area (Å²) in [6.07, 6.45) is 4.66. The Morgan fingerprint density at radius 2 is 1.68 bits per heavy atom. The fourth-order valence-electron chi connectivity index (χ4n) is 4.06. The molecule has 31 heavy (non-hydrogen) atoms. The summed E-state index contributed by atoms with van der Waals surface area (Å²) in [5.41, 5.74) is 2.32. The molecule has 1 fully saturated rings. The van der Waals surface area contributed by atoms with E-state index in [1.807, 2.05) is 25.1 Å².